The smallest absolute Gasteiger partial charge is 0.306 e. The molecule has 2 N–H and O–H groups in total. The topological polar surface area (TPSA) is 69.6 Å². The molecule has 114 valence electrons. The molecule has 0 saturated carbocycles. The predicted molar refractivity (Wildman–Crippen MR) is 81.3 cm³/mol. The lowest BCUT2D eigenvalue weighted by atomic mass is 9.87. The Bertz CT molecular complexity index is 530. The van der Waals surface area contributed by atoms with E-state index in [1.807, 2.05) is 36.9 Å². The van der Waals surface area contributed by atoms with Crippen molar-refractivity contribution >= 4 is 17.6 Å². The zero-order valence-electron chi connectivity index (χ0n) is 12.7. The van der Waals surface area contributed by atoms with Gasteiger partial charge in [0.2, 0.25) is 5.91 Å². The third-order valence-electron chi connectivity index (χ3n) is 4.19. The first-order chi connectivity index (χ1) is 9.88. The van der Waals surface area contributed by atoms with E-state index < -0.39 is 5.97 Å². The molecule has 0 spiro atoms. The number of nitrogens with zero attached hydrogens (tertiary/aromatic N) is 1. The van der Waals surface area contributed by atoms with Crippen molar-refractivity contribution in [3.63, 3.8) is 0 Å². The number of para-hydroxylation sites is 1. The van der Waals surface area contributed by atoms with Crippen molar-refractivity contribution in [1.82, 2.24) is 4.90 Å². The van der Waals surface area contributed by atoms with Crippen LogP contribution in [0.2, 0.25) is 0 Å². The fourth-order valence-corrected chi connectivity index (χ4v) is 2.65. The number of anilines is 1. The van der Waals surface area contributed by atoms with E-state index in [4.69, 9.17) is 5.11 Å². The van der Waals surface area contributed by atoms with Crippen LogP contribution in [0.25, 0.3) is 0 Å². The van der Waals surface area contributed by atoms with Crippen molar-refractivity contribution in [1.29, 1.82) is 0 Å². The molecule has 0 aromatic heterocycles. The van der Waals surface area contributed by atoms with Crippen molar-refractivity contribution in [3.8, 4) is 0 Å². The van der Waals surface area contributed by atoms with Crippen LogP contribution in [0.1, 0.15) is 18.1 Å². The molecule has 0 radical (unpaired) electrons. The van der Waals surface area contributed by atoms with E-state index in [0.29, 0.717) is 19.6 Å². The Morgan fingerprint density at radius 3 is 2.43 bits per heavy atom. The van der Waals surface area contributed by atoms with E-state index in [1.54, 1.807) is 6.92 Å². The summed E-state index contributed by atoms with van der Waals surface area (Å²) >= 11 is 0. The van der Waals surface area contributed by atoms with Crippen LogP contribution >= 0.6 is 0 Å². The molecule has 5 heteroatoms. The summed E-state index contributed by atoms with van der Waals surface area (Å²) in [6, 6.07) is 5.90. The van der Waals surface area contributed by atoms with Crippen LogP contribution in [-0.2, 0) is 9.59 Å². The van der Waals surface area contributed by atoms with Gasteiger partial charge < -0.3 is 10.4 Å². The standard InChI is InChI=1S/C16H22N2O3/c1-10-5-4-6-11(2)15(10)17-14(19)9-18-7-13(8-18)12(3)16(20)21/h4-6,12-13H,7-9H2,1-3H3,(H,17,19)(H,20,21). The molecule has 1 atom stereocenters. The monoisotopic (exact) mass is 290 g/mol. The first kappa shape index (κ1) is 15.5. The summed E-state index contributed by atoms with van der Waals surface area (Å²) < 4.78 is 0. The van der Waals surface area contributed by atoms with E-state index in [1.165, 1.54) is 0 Å². The Balaban J connectivity index is 1.83. The summed E-state index contributed by atoms with van der Waals surface area (Å²) in [7, 11) is 0. The molecule has 0 aliphatic carbocycles. The number of aryl methyl sites for hydroxylation is 2. The van der Waals surface area contributed by atoms with Gasteiger partial charge in [0.25, 0.3) is 0 Å². The van der Waals surface area contributed by atoms with Gasteiger partial charge >= 0.3 is 5.97 Å². The third-order valence-corrected chi connectivity index (χ3v) is 4.19. The molecule has 1 aromatic carbocycles. The highest BCUT2D eigenvalue weighted by molar-refractivity contribution is 5.93. The molecular formula is C16H22N2O3. The highest BCUT2D eigenvalue weighted by Crippen LogP contribution is 2.24. The molecule has 0 bridgehead atoms. The van der Waals surface area contributed by atoms with Crippen LogP contribution in [-0.4, -0.2) is 41.5 Å². The number of hydrogen-bond acceptors (Lipinski definition) is 3. The van der Waals surface area contributed by atoms with Crippen molar-refractivity contribution < 1.29 is 14.7 Å². The molecule has 1 aliphatic heterocycles. The first-order valence-electron chi connectivity index (χ1n) is 7.19. The number of carbonyl (C=O) groups excluding carboxylic acids is 1. The molecule has 1 amide bonds. The van der Waals surface area contributed by atoms with Gasteiger partial charge in [-0.1, -0.05) is 25.1 Å². The predicted octanol–water partition coefficient (Wildman–Crippen LogP) is 1.89. The zero-order valence-corrected chi connectivity index (χ0v) is 12.7. The van der Waals surface area contributed by atoms with Crippen LogP contribution in [0.5, 0.6) is 0 Å². The maximum atomic E-state index is 12.1. The number of carboxylic acid groups (broad SMARTS) is 1. The van der Waals surface area contributed by atoms with E-state index in [-0.39, 0.29) is 17.7 Å². The summed E-state index contributed by atoms with van der Waals surface area (Å²) in [5.41, 5.74) is 2.96. The molecule has 1 aliphatic rings. The number of amides is 1. The number of nitrogens with one attached hydrogen (secondary N) is 1. The lowest BCUT2D eigenvalue weighted by Gasteiger charge is -2.40. The van der Waals surface area contributed by atoms with Crippen molar-refractivity contribution in [2.24, 2.45) is 11.8 Å². The zero-order chi connectivity index (χ0) is 15.6. The van der Waals surface area contributed by atoms with E-state index in [9.17, 15) is 9.59 Å². The minimum Gasteiger partial charge on any atom is -0.481 e. The summed E-state index contributed by atoms with van der Waals surface area (Å²) in [4.78, 5) is 24.9. The Morgan fingerprint density at radius 2 is 1.90 bits per heavy atom. The van der Waals surface area contributed by atoms with Gasteiger partial charge in [0.05, 0.1) is 12.5 Å². The minimum absolute atomic E-state index is 0.0474. The lowest BCUT2D eigenvalue weighted by molar-refractivity contribution is -0.145. The maximum Gasteiger partial charge on any atom is 0.306 e. The summed E-state index contributed by atoms with van der Waals surface area (Å²) in [6.07, 6.45) is 0. The number of likely N-dealkylation sites (tertiary alicyclic amines) is 1. The van der Waals surface area contributed by atoms with Gasteiger partial charge in [-0.2, -0.15) is 0 Å². The van der Waals surface area contributed by atoms with E-state index in [0.717, 1.165) is 16.8 Å². The molecule has 21 heavy (non-hydrogen) atoms. The number of carbonyl (C=O) groups is 2. The summed E-state index contributed by atoms with van der Waals surface area (Å²) in [5.74, 6) is -1.01. The van der Waals surface area contributed by atoms with Gasteiger partial charge in [0, 0.05) is 18.8 Å². The number of benzene rings is 1. The van der Waals surface area contributed by atoms with Crippen LogP contribution < -0.4 is 5.32 Å². The average Bonchev–Trinajstić information content (AvgIpc) is 2.37. The number of carboxylic acids is 1. The Morgan fingerprint density at radius 1 is 1.33 bits per heavy atom. The SMILES string of the molecule is Cc1cccc(C)c1NC(=O)CN1CC(C(C)C(=O)O)C1. The Hall–Kier alpha value is -1.88. The van der Waals surface area contributed by atoms with Crippen molar-refractivity contribution in [2.45, 2.75) is 20.8 Å². The Labute approximate surface area is 125 Å². The lowest BCUT2D eigenvalue weighted by Crippen LogP contribution is -2.53. The maximum absolute atomic E-state index is 12.1. The van der Waals surface area contributed by atoms with Gasteiger partial charge in [-0.25, -0.2) is 0 Å². The summed E-state index contributed by atoms with van der Waals surface area (Å²) in [5, 5.41) is 11.9. The molecular weight excluding hydrogens is 268 g/mol. The number of hydrogen-bond donors (Lipinski definition) is 2. The quantitative estimate of drug-likeness (QED) is 0.869. The summed E-state index contributed by atoms with van der Waals surface area (Å²) in [6.45, 7) is 7.33. The molecule has 1 fully saturated rings. The molecule has 1 unspecified atom stereocenters. The molecule has 5 nitrogen and oxygen atoms in total. The fourth-order valence-electron chi connectivity index (χ4n) is 2.65. The van der Waals surface area contributed by atoms with Crippen LogP contribution in [0.15, 0.2) is 18.2 Å². The second-order valence-electron chi connectivity index (χ2n) is 5.90. The van der Waals surface area contributed by atoms with Gasteiger partial charge in [-0.05, 0) is 30.9 Å². The average molecular weight is 290 g/mol. The highest BCUT2D eigenvalue weighted by atomic mass is 16.4. The fraction of sp³-hybridized carbons (Fsp3) is 0.500. The van der Waals surface area contributed by atoms with Gasteiger partial charge in [-0.3, -0.25) is 14.5 Å². The van der Waals surface area contributed by atoms with Gasteiger partial charge in [0.15, 0.2) is 0 Å². The van der Waals surface area contributed by atoms with Crippen molar-refractivity contribution in [2.75, 3.05) is 25.0 Å². The van der Waals surface area contributed by atoms with Crippen molar-refractivity contribution in [3.05, 3.63) is 29.3 Å². The molecule has 1 heterocycles. The minimum atomic E-state index is -0.764. The highest BCUT2D eigenvalue weighted by Gasteiger charge is 2.35. The van der Waals surface area contributed by atoms with E-state index in [2.05, 4.69) is 5.32 Å². The third kappa shape index (κ3) is 3.61. The van der Waals surface area contributed by atoms with Crippen LogP contribution in [0, 0.1) is 25.7 Å². The molecule has 1 saturated heterocycles. The second kappa shape index (κ2) is 6.26. The van der Waals surface area contributed by atoms with Crippen LogP contribution in [0.4, 0.5) is 5.69 Å². The molecule has 2 rings (SSSR count). The van der Waals surface area contributed by atoms with Crippen LogP contribution in [0.3, 0.4) is 0 Å². The second-order valence-corrected chi connectivity index (χ2v) is 5.90. The Kier molecular flexibility index (Phi) is 4.63. The van der Waals surface area contributed by atoms with Gasteiger partial charge in [-0.15, -0.1) is 0 Å². The largest absolute Gasteiger partial charge is 0.481 e. The van der Waals surface area contributed by atoms with E-state index >= 15 is 0 Å². The normalized spacial score (nSPS) is 17.1. The first-order valence-corrected chi connectivity index (χ1v) is 7.19. The number of rotatable bonds is 5. The van der Waals surface area contributed by atoms with Gasteiger partial charge in [0.1, 0.15) is 0 Å². The number of aliphatic carboxylic acids is 1. The molecule has 1 aromatic rings.